The van der Waals surface area contributed by atoms with Gasteiger partial charge >= 0.3 is 11.8 Å². The zero-order chi connectivity index (χ0) is 22.0. The number of ether oxygens (including phenoxy) is 1. The fraction of sp³-hybridized carbons (Fsp3) is 0.278. The third-order valence-electron chi connectivity index (χ3n) is 4.17. The van der Waals surface area contributed by atoms with E-state index in [4.69, 9.17) is 9.15 Å². The summed E-state index contributed by atoms with van der Waals surface area (Å²) in [6.07, 6.45) is 1.45. The third kappa shape index (κ3) is 4.44. The summed E-state index contributed by atoms with van der Waals surface area (Å²) in [5, 5.41) is 17.8. The van der Waals surface area contributed by atoms with E-state index in [2.05, 4.69) is 26.3 Å². The molecule has 0 unspecified atom stereocenters. The number of furan rings is 1. The van der Waals surface area contributed by atoms with Crippen LogP contribution in [-0.2, 0) is 11.3 Å². The second kappa shape index (κ2) is 8.79. The Balaban J connectivity index is 1.76. The Hall–Kier alpha value is -2.99. The van der Waals surface area contributed by atoms with Gasteiger partial charge < -0.3 is 24.6 Å². The highest BCUT2D eigenvalue weighted by molar-refractivity contribution is 9.10. The summed E-state index contributed by atoms with van der Waals surface area (Å²) in [6, 6.07) is 3.06. The molecule has 3 rings (SSSR count). The van der Waals surface area contributed by atoms with Crippen molar-refractivity contribution in [3.05, 3.63) is 60.4 Å². The highest BCUT2D eigenvalue weighted by Crippen LogP contribution is 2.33. The predicted octanol–water partition coefficient (Wildman–Crippen LogP) is 4.30. The highest BCUT2D eigenvalue weighted by Gasteiger charge is 2.24. The first-order valence-corrected chi connectivity index (χ1v) is 10.4. The topological polar surface area (TPSA) is 130 Å². The number of thiophene rings is 1. The van der Waals surface area contributed by atoms with Gasteiger partial charge in [-0.2, -0.15) is 4.68 Å². The van der Waals surface area contributed by atoms with Crippen LogP contribution in [0.5, 0.6) is 0 Å². The summed E-state index contributed by atoms with van der Waals surface area (Å²) in [5.74, 6) is -0.922. The number of nitro groups is 1. The van der Waals surface area contributed by atoms with Gasteiger partial charge in [0, 0.05) is 4.88 Å². The van der Waals surface area contributed by atoms with E-state index in [9.17, 15) is 19.7 Å². The van der Waals surface area contributed by atoms with Crippen LogP contribution in [0.25, 0.3) is 0 Å². The number of aryl methyl sites for hydroxylation is 1. The van der Waals surface area contributed by atoms with Gasteiger partial charge in [0.05, 0.1) is 23.5 Å². The summed E-state index contributed by atoms with van der Waals surface area (Å²) >= 11 is 4.35. The van der Waals surface area contributed by atoms with Crippen LogP contribution in [0.15, 0.2) is 27.2 Å². The van der Waals surface area contributed by atoms with Crippen LogP contribution in [0.4, 0.5) is 10.8 Å². The van der Waals surface area contributed by atoms with Gasteiger partial charge in [0.25, 0.3) is 5.91 Å². The molecule has 0 bridgehead atoms. The van der Waals surface area contributed by atoms with E-state index >= 15 is 0 Å². The van der Waals surface area contributed by atoms with E-state index in [1.807, 2.05) is 6.92 Å². The monoisotopic (exact) mass is 496 g/mol. The summed E-state index contributed by atoms with van der Waals surface area (Å²) in [4.78, 5) is 36.0. The van der Waals surface area contributed by atoms with Crippen molar-refractivity contribution in [1.82, 2.24) is 9.78 Å². The SMILES string of the molecule is CCOC(=O)c1c(NC(=O)c2ccc(Cn3cc(Br)c([N+](=O)[O-])n3)o2)sc(C)c1C. The van der Waals surface area contributed by atoms with Crippen molar-refractivity contribution in [2.24, 2.45) is 0 Å². The Labute approximate surface area is 183 Å². The van der Waals surface area contributed by atoms with Gasteiger partial charge in [0.2, 0.25) is 0 Å². The number of hydrogen-bond acceptors (Lipinski definition) is 8. The van der Waals surface area contributed by atoms with Crippen LogP contribution >= 0.6 is 27.3 Å². The van der Waals surface area contributed by atoms with Crippen molar-refractivity contribution in [2.75, 3.05) is 11.9 Å². The number of aromatic nitrogens is 2. The number of anilines is 1. The molecule has 0 atom stereocenters. The lowest BCUT2D eigenvalue weighted by atomic mass is 10.1. The first-order chi connectivity index (χ1) is 14.2. The maximum atomic E-state index is 12.6. The van der Waals surface area contributed by atoms with Crippen LogP contribution in [0, 0.1) is 24.0 Å². The molecule has 0 aliphatic rings. The van der Waals surface area contributed by atoms with Crippen LogP contribution in [0.3, 0.4) is 0 Å². The van der Waals surface area contributed by atoms with E-state index in [1.165, 1.54) is 28.3 Å². The molecule has 0 aromatic carbocycles. The third-order valence-corrected chi connectivity index (χ3v) is 5.85. The molecule has 3 heterocycles. The average molecular weight is 497 g/mol. The van der Waals surface area contributed by atoms with E-state index in [0.29, 0.717) is 16.3 Å². The minimum Gasteiger partial charge on any atom is -0.462 e. The second-order valence-corrected chi connectivity index (χ2v) is 8.26. The van der Waals surface area contributed by atoms with Crippen LogP contribution in [0.2, 0.25) is 0 Å². The first kappa shape index (κ1) is 21.7. The Bertz CT molecular complexity index is 1130. The standard InChI is InChI=1S/C18H17BrN4O6S/c1-4-28-18(25)14-9(2)10(3)30-17(14)20-16(24)13-6-5-11(29-13)7-22-8-12(19)15(21-22)23(26)27/h5-6,8H,4,7H2,1-3H3,(H,20,24). The zero-order valence-corrected chi connectivity index (χ0v) is 18.6. The quantitative estimate of drug-likeness (QED) is 0.293. The summed E-state index contributed by atoms with van der Waals surface area (Å²) in [6.45, 7) is 5.68. The van der Waals surface area contributed by atoms with Crippen LogP contribution in [0.1, 0.15) is 44.0 Å². The van der Waals surface area contributed by atoms with E-state index < -0.39 is 16.8 Å². The number of hydrogen-bond donors (Lipinski definition) is 1. The molecule has 0 saturated heterocycles. The number of amides is 1. The average Bonchev–Trinajstić information content (AvgIpc) is 3.35. The lowest BCUT2D eigenvalue weighted by Gasteiger charge is -2.06. The molecular weight excluding hydrogens is 480 g/mol. The van der Waals surface area contributed by atoms with Crippen LogP contribution < -0.4 is 5.32 Å². The molecule has 3 aromatic rings. The van der Waals surface area contributed by atoms with E-state index in [1.54, 1.807) is 19.9 Å². The summed E-state index contributed by atoms with van der Waals surface area (Å²) < 4.78 is 12.2. The van der Waals surface area contributed by atoms with Crippen molar-refractivity contribution < 1.29 is 23.7 Å². The lowest BCUT2D eigenvalue weighted by molar-refractivity contribution is -0.390. The van der Waals surface area contributed by atoms with Gasteiger partial charge in [-0.15, -0.1) is 11.3 Å². The Morgan fingerprint density at radius 3 is 2.77 bits per heavy atom. The van der Waals surface area contributed by atoms with E-state index in [0.717, 1.165) is 10.4 Å². The van der Waals surface area contributed by atoms with Crippen LogP contribution in [-0.4, -0.2) is 33.2 Å². The van der Waals surface area contributed by atoms with Gasteiger partial charge in [-0.05, 0) is 59.3 Å². The Morgan fingerprint density at radius 2 is 2.13 bits per heavy atom. The number of rotatable bonds is 7. The maximum Gasteiger partial charge on any atom is 0.404 e. The summed E-state index contributed by atoms with van der Waals surface area (Å²) in [7, 11) is 0. The minimum absolute atomic E-state index is 0.0317. The molecule has 1 amide bonds. The molecule has 30 heavy (non-hydrogen) atoms. The molecule has 0 saturated carbocycles. The minimum atomic E-state index is -0.603. The molecule has 0 radical (unpaired) electrons. The van der Waals surface area contributed by atoms with Gasteiger partial charge in [-0.1, -0.05) is 0 Å². The van der Waals surface area contributed by atoms with Gasteiger partial charge in [0.15, 0.2) is 5.76 Å². The normalized spacial score (nSPS) is 10.8. The maximum absolute atomic E-state index is 12.6. The first-order valence-electron chi connectivity index (χ1n) is 8.75. The Kier molecular flexibility index (Phi) is 6.37. The molecule has 0 aliphatic carbocycles. The molecule has 0 fully saturated rings. The number of halogens is 1. The molecule has 10 nitrogen and oxygen atoms in total. The molecule has 158 valence electrons. The molecular formula is C18H17BrN4O6S. The molecule has 0 spiro atoms. The number of nitrogens with one attached hydrogen (secondary N) is 1. The molecule has 3 aromatic heterocycles. The number of carbonyl (C=O) groups is 2. The van der Waals surface area contributed by atoms with Crippen molar-refractivity contribution >= 4 is 50.0 Å². The fourth-order valence-electron chi connectivity index (χ4n) is 2.66. The smallest absolute Gasteiger partial charge is 0.404 e. The zero-order valence-electron chi connectivity index (χ0n) is 16.2. The van der Waals surface area contributed by atoms with Crippen molar-refractivity contribution in [1.29, 1.82) is 0 Å². The second-order valence-electron chi connectivity index (χ2n) is 6.18. The molecule has 1 N–H and O–H groups in total. The summed E-state index contributed by atoms with van der Waals surface area (Å²) in [5.41, 5.74) is 1.08. The molecule has 0 aliphatic heterocycles. The number of esters is 1. The van der Waals surface area contributed by atoms with Gasteiger partial charge in [-0.25, -0.2) is 4.79 Å². The van der Waals surface area contributed by atoms with Crippen molar-refractivity contribution in [2.45, 2.75) is 27.3 Å². The lowest BCUT2D eigenvalue weighted by Crippen LogP contribution is -2.14. The number of carbonyl (C=O) groups excluding carboxylic acids is 2. The van der Waals surface area contributed by atoms with Gasteiger partial charge in [0.1, 0.15) is 21.8 Å². The highest BCUT2D eigenvalue weighted by atomic mass is 79.9. The van der Waals surface area contributed by atoms with E-state index in [-0.39, 0.29) is 29.2 Å². The van der Waals surface area contributed by atoms with Crippen molar-refractivity contribution in [3.8, 4) is 0 Å². The molecule has 12 heteroatoms. The van der Waals surface area contributed by atoms with Crippen molar-refractivity contribution in [3.63, 3.8) is 0 Å². The largest absolute Gasteiger partial charge is 0.462 e. The fourth-order valence-corrected chi connectivity index (χ4v) is 4.17. The van der Waals surface area contributed by atoms with Gasteiger partial charge in [-0.3, -0.25) is 4.79 Å². The Morgan fingerprint density at radius 1 is 1.40 bits per heavy atom. The predicted molar refractivity (Wildman–Crippen MR) is 112 cm³/mol. The number of nitrogens with zero attached hydrogens (tertiary/aromatic N) is 3.